The summed E-state index contributed by atoms with van der Waals surface area (Å²) in [5.74, 6) is 0. The Hall–Kier alpha value is -0.260. The van der Waals surface area contributed by atoms with E-state index in [4.69, 9.17) is 0 Å². The largest absolute Gasteiger partial charge is 0.133 e. The summed E-state index contributed by atoms with van der Waals surface area (Å²) in [7, 11) is 0. The van der Waals surface area contributed by atoms with Crippen molar-refractivity contribution < 1.29 is 0 Å². The summed E-state index contributed by atoms with van der Waals surface area (Å²) in [6.07, 6.45) is 8.88. The van der Waals surface area contributed by atoms with Crippen molar-refractivity contribution in [3.05, 3.63) is 17.1 Å². The van der Waals surface area contributed by atoms with Crippen LogP contribution in [0.15, 0.2) is 17.1 Å². The van der Waals surface area contributed by atoms with Gasteiger partial charge in [0.1, 0.15) is 0 Å². The molecule has 11 heavy (non-hydrogen) atoms. The zero-order chi connectivity index (χ0) is 7.94. The molecule has 0 bridgehead atoms. The van der Waals surface area contributed by atoms with E-state index in [9.17, 15) is 0 Å². The highest BCUT2D eigenvalue weighted by Gasteiger charge is 1.93. The van der Waals surface area contributed by atoms with E-state index >= 15 is 0 Å². The second-order valence-electron chi connectivity index (χ2n) is 2.89. The fourth-order valence-corrected chi connectivity index (χ4v) is 1.85. The maximum Gasteiger partial charge on any atom is 0.000655 e. The third-order valence-electron chi connectivity index (χ3n) is 1.86. The zero-order valence-electron chi connectivity index (χ0n) is 7.14. The van der Waals surface area contributed by atoms with E-state index in [1.165, 1.54) is 49.0 Å². The Morgan fingerprint density at radius 1 is 1.36 bits per heavy atom. The van der Waals surface area contributed by atoms with E-state index in [1.807, 2.05) is 0 Å². The van der Waals surface area contributed by atoms with Gasteiger partial charge < -0.3 is 0 Å². The molecule has 1 rings (SSSR count). The molecule has 0 aromatic carbocycles. The Morgan fingerprint density at radius 3 is 2.91 bits per heavy atom. The quantitative estimate of drug-likeness (QED) is 0.363. The molecule has 1 aliphatic rings. The molecule has 1 heterocycles. The summed E-state index contributed by atoms with van der Waals surface area (Å²) in [6, 6.07) is 0. The van der Waals surface area contributed by atoms with Crippen LogP contribution in [0, 0.1) is 0 Å². The van der Waals surface area contributed by atoms with Crippen LogP contribution in [-0.2, 0) is 0 Å². The second kappa shape index (κ2) is 5.40. The number of rotatable bonds is 5. The van der Waals surface area contributed by atoms with Gasteiger partial charge in [-0.25, -0.2) is 0 Å². The van der Waals surface area contributed by atoms with E-state index in [2.05, 4.69) is 23.4 Å². The molecule has 0 aromatic heterocycles. The molecule has 0 saturated heterocycles. The normalized spacial score (nSPS) is 14.8. The minimum Gasteiger partial charge on any atom is -0.133 e. The number of thiol groups is 1. The average molecular weight is 168 g/mol. The van der Waals surface area contributed by atoms with Crippen molar-refractivity contribution in [2.45, 2.75) is 39.0 Å². The second-order valence-corrected chi connectivity index (χ2v) is 3.67. The zero-order valence-corrected chi connectivity index (χ0v) is 8.03. The standard InChI is InChI=1S/C10H16S/c1-2-3-4-5-6-10-7-8-11-9-10/h7-8,11H,2-6H2,1H3. The van der Waals surface area contributed by atoms with Gasteiger partial charge in [0.25, 0.3) is 0 Å². The average Bonchev–Trinajstić information content (AvgIpc) is 2.50. The van der Waals surface area contributed by atoms with Crippen molar-refractivity contribution in [1.82, 2.24) is 0 Å². The van der Waals surface area contributed by atoms with Crippen molar-refractivity contribution in [2.24, 2.45) is 0 Å². The minimum atomic E-state index is 1.24. The number of allylic oxidation sites excluding steroid dienone is 2. The number of hydrogen-bond acceptors (Lipinski definition) is 0. The molecular weight excluding hydrogens is 152 g/mol. The molecule has 0 saturated carbocycles. The van der Waals surface area contributed by atoms with Crippen molar-refractivity contribution in [2.75, 3.05) is 0 Å². The number of unbranched alkanes of at least 4 members (excludes halogenated alkanes) is 3. The molecule has 0 atom stereocenters. The Morgan fingerprint density at radius 2 is 2.27 bits per heavy atom. The Kier molecular flexibility index (Phi) is 4.33. The van der Waals surface area contributed by atoms with Gasteiger partial charge in [-0.15, -0.1) is 11.4 Å². The first-order valence-corrected chi connectivity index (χ1v) is 5.38. The van der Waals surface area contributed by atoms with Crippen molar-refractivity contribution in [3.8, 4) is 0 Å². The molecular formula is C10H16S. The predicted octanol–water partition coefficient (Wildman–Crippen LogP) is 3.28. The topological polar surface area (TPSA) is 0 Å². The summed E-state index contributed by atoms with van der Waals surface area (Å²) in [6.45, 7) is 2.25. The van der Waals surface area contributed by atoms with E-state index < -0.39 is 0 Å². The van der Waals surface area contributed by atoms with Crippen LogP contribution in [0.3, 0.4) is 0 Å². The van der Waals surface area contributed by atoms with E-state index in [1.54, 1.807) is 0 Å². The lowest BCUT2D eigenvalue weighted by atomic mass is 10.1. The lowest BCUT2D eigenvalue weighted by molar-refractivity contribution is 0.670. The van der Waals surface area contributed by atoms with Crippen LogP contribution in [0.25, 0.3) is 0 Å². The molecule has 0 spiro atoms. The first-order valence-electron chi connectivity index (χ1n) is 4.41. The monoisotopic (exact) mass is 168 g/mol. The molecule has 0 N–H and O–H groups in total. The molecule has 0 nitrogen and oxygen atoms in total. The van der Waals surface area contributed by atoms with Crippen LogP contribution in [0.5, 0.6) is 0 Å². The molecule has 62 valence electrons. The Labute approximate surface area is 73.0 Å². The Bertz CT molecular complexity index is 195. The lowest BCUT2D eigenvalue weighted by Crippen LogP contribution is -1.79. The Balaban J connectivity index is 2.04. The van der Waals surface area contributed by atoms with Gasteiger partial charge in [0, 0.05) is 5.57 Å². The third kappa shape index (κ3) is 3.60. The van der Waals surface area contributed by atoms with Crippen molar-refractivity contribution in [1.29, 1.82) is 0 Å². The maximum absolute atomic E-state index is 3.31. The summed E-state index contributed by atoms with van der Waals surface area (Å²) in [4.78, 5) is 0. The van der Waals surface area contributed by atoms with E-state index in [0.29, 0.717) is 0 Å². The lowest BCUT2D eigenvalue weighted by Gasteiger charge is -1.96. The van der Waals surface area contributed by atoms with Gasteiger partial charge in [-0.2, -0.15) is 0 Å². The van der Waals surface area contributed by atoms with Gasteiger partial charge in [-0.1, -0.05) is 31.2 Å². The molecule has 0 fully saturated rings. The van der Waals surface area contributed by atoms with E-state index in [0.717, 1.165) is 0 Å². The summed E-state index contributed by atoms with van der Waals surface area (Å²) < 4.78 is 0. The fourth-order valence-electron chi connectivity index (χ4n) is 1.17. The van der Waals surface area contributed by atoms with Gasteiger partial charge in [0.05, 0.1) is 0 Å². The third-order valence-corrected chi connectivity index (χ3v) is 2.57. The van der Waals surface area contributed by atoms with Crippen LogP contribution in [0.4, 0.5) is 0 Å². The van der Waals surface area contributed by atoms with Crippen molar-refractivity contribution in [3.63, 3.8) is 0 Å². The molecule has 0 unspecified atom stereocenters. The maximum atomic E-state index is 3.31. The highest BCUT2D eigenvalue weighted by molar-refractivity contribution is 8.00. The highest BCUT2D eigenvalue weighted by atomic mass is 32.1. The number of hydrogen-bond donors (Lipinski definition) is 1. The van der Waals surface area contributed by atoms with Crippen LogP contribution < -0.4 is 0 Å². The molecule has 1 aliphatic heterocycles. The minimum absolute atomic E-state index is 1.24. The highest BCUT2D eigenvalue weighted by Crippen LogP contribution is 2.13. The fraction of sp³-hybridized carbons (Fsp3) is 0.600. The molecule has 0 amide bonds. The first-order chi connectivity index (χ1) is 5.43. The molecule has 1 heteroatoms. The predicted molar refractivity (Wildman–Crippen MR) is 55.4 cm³/mol. The first kappa shape index (κ1) is 8.83. The van der Waals surface area contributed by atoms with E-state index in [-0.39, 0.29) is 0 Å². The van der Waals surface area contributed by atoms with Crippen LogP contribution in [-0.4, -0.2) is 5.02 Å². The molecule has 0 aromatic rings. The SMILES string of the molecule is CCCCCCC1=C=[SH]C=C1. The molecule has 0 aliphatic carbocycles. The summed E-state index contributed by atoms with van der Waals surface area (Å²) >= 11 is 1.26. The van der Waals surface area contributed by atoms with Gasteiger partial charge in [-0.3, -0.25) is 0 Å². The van der Waals surface area contributed by atoms with Crippen LogP contribution in [0.1, 0.15) is 39.0 Å². The van der Waals surface area contributed by atoms with Gasteiger partial charge in [-0.05, 0) is 24.3 Å². The van der Waals surface area contributed by atoms with Crippen LogP contribution in [0.2, 0.25) is 0 Å². The van der Waals surface area contributed by atoms with Gasteiger partial charge in [0.2, 0.25) is 0 Å². The van der Waals surface area contributed by atoms with Gasteiger partial charge >= 0.3 is 0 Å². The smallest absolute Gasteiger partial charge is 0.000655 e. The summed E-state index contributed by atoms with van der Waals surface area (Å²) in [5, 5.41) is 5.47. The van der Waals surface area contributed by atoms with Gasteiger partial charge in [0.15, 0.2) is 0 Å². The molecule has 0 radical (unpaired) electrons. The van der Waals surface area contributed by atoms with Crippen molar-refractivity contribution >= 4 is 16.4 Å². The van der Waals surface area contributed by atoms with Crippen LogP contribution >= 0.6 is 11.4 Å². The summed E-state index contributed by atoms with van der Waals surface area (Å²) in [5.41, 5.74) is 1.42.